The van der Waals surface area contributed by atoms with E-state index in [1.54, 1.807) is 0 Å². The van der Waals surface area contributed by atoms with Crippen molar-refractivity contribution in [3.63, 3.8) is 0 Å². The Balaban J connectivity index is 1.58. The third kappa shape index (κ3) is 4.83. The van der Waals surface area contributed by atoms with Crippen molar-refractivity contribution >= 4 is 17.4 Å². The van der Waals surface area contributed by atoms with Gasteiger partial charge in [0, 0.05) is 39.4 Å². The SMILES string of the molecule is CCCC(=O)C(C)c1ccc(O[C@@H]2CCN(c3cccc(N(C)C)n3)C2)cc1. The summed E-state index contributed by atoms with van der Waals surface area (Å²) in [6, 6.07) is 14.1. The van der Waals surface area contributed by atoms with Crippen LogP contribution in [0.4, 0.5) is 11.6 Å². The molecule has 2 atom stereocenters. The van der Waals surface area contributed by atoms with E-state index in [1.807, 2.05) is 69.2 Å². The highest BCUT2D eigenvalue weighted by Gasteiger charge is 2.25. The molecule has 1 unspecified atom stereocenters. The van der Waals surface area contributed by atoms with Crippen LogP contribution < -0.4 is 14.5 Å². The Labute approximate surface area is 168 Å². The predicted molar refractivity (Wildman–Crippen MR) is 115 cm³/mol. The molecule has 0 amide bonds. The van der Waals surface area contributed by atoms with E-state index in [1.165, 1.54) is 0 Å². The number of benzene rings is 1. The molecule has 1 fully saturated rings. The van der Waals surface area contributed by atoms with E-state index in [0.717, 1.165) is 48.9 Å². The highest BCUT2D eigenvalue weighted by atomic mass is 16.5. The highest BCUT2D eigenvalue weighted by Crippen LogP contribution is 2.26. The minimum Gasteiger partial charge on any atom is -0.489 e. The second-order valence-electron chi connectivity index (χ2n) is 7.73. The first-order chi connectivity index (χ1) is 13.5. The number of carbonyl (C=O) groups is 1. The van der Waals surface area contributed by atoms with Crippen LogP contribution in [0.1, 0.15) is 44.6 Å². The van der Waals surface area contributed by atoms with E-state index in [2.05, 4.69) is 11.0 Å². The normalized spacial score (nSPS) is 17.4. The van der Waals surface area contributed by atoms with Crippen molar-refractivity contribution in [3.05, 3.63) is 48.0 Å². The summed E-state index contributed by atoms with van der Waals surface area (Å²) < 4.78 is 6.18. The van der Waals surface area contributed by atoms with Crippen molar-refractivity contribution in [1.29, 1.82) is 0 Å². The van der Waals surface area contributed by atoms with Crippen molar-refractivity contribution in [2.75, 3.05) is 37.0 Å². The Morgan fingerprint density at radius 3 is 2.68 bits per heavy atom. The minimum atomic E-state index is -0.0500. The Hall–Kier alpha value is -2.56. The zero-order chi connectivity index (χ0) is 20.1. The minimum absolute atomic E-state index is 0.0500. The molecule has 150 valence electrons. The average molecular weight is 382 g/mol. The largest absolute Gasteiger partial charge is 0.489 e. The lowest BCUT2D eigenvalue weighted by atomic mass is 9.94. The molecule has 0 aliphatic carbocycles. The molecule has 5 nitrogen and oxygen atoms in total. The van der Waals surface area contributed by atoms with Crippen LogP contribution in [-0.2, 0) is 4.79 Å². The summed E-state index contributed by atoms with van der Waals surface area (Å²) >= 11 is 0. The summed E-state index contributed by atoms with van der Waals surface area (Å²) in [4.78, 5) is 21.1. The average Bonchev–Trinajstić information content (AvgIpc) is 3.17. The Kier molecular flexibility index (Phi) is 6.55. The van der Waals surface area contributed by atoms with E-state index in [4.69, 9.17) is 9.72 Å². The van der Waals surface area contributed by atoms with Crippen LogP contribution in [0.15, 0.2) is 42.5 Å². The molecule has 1 aliphatic heterocycles. The zero-order valence-electron chi connectivity index (χ0n) is 17.4. The van der Waals surface area contributed by atoms with E-state index in [9.17, 15) is 4.79 Å². The van der Waals surface area contributed by atoms with Gasteiger partial charge in [-0.3, -0.25) is 4.79 Å². The van der Waals surface area contributed by atoms with Gasteiger partial charge >= 0.3 is 0 Å². The van der Waals surface area contributed by atoms with E-state index in [-0.39, 0.29) is 12.0 Å². The lowest BCUT2D eigenvalue weighted by Gasteiger charge is -2.20. The number of hydrogen-bond donors (Lipinski definition) is 0. The Morgan fingerprint density at radius 2 is 2.00 bits per heavy atom. The molecular formula is C23H31N3O2. The number of Topliss-reactive ketones (excluding diaryl/α,β-unsaturated/α-hetero) is 1. The van der Waals surface area contributed by atoms with Crippen LogP contribution >= 0.6 is 0 Å². The van der Waals surface area contributed by atoms with Crippen molar-refractivity contribution in [3.8, 4) is 5.75 Å². The fourth-order valence-corrected chi connectivity index (χ4v) is 3.55. The van der Waals surface area contributed by atoms with Gasteiger partial charge in [0.05, 0.1) is 6.54 Å². The highest BCUT2D eigenvalue weighted by molar-refractivity contribution is 5.85. The topological polar surface area (TPSA) is 45.7 Å². The predicted octanol–water partition coefficient (Wildman–Crippen LogP) is 4.28. The molecule has 28 heavy (non-hydrogen) atoms. The molecule has 0 spiro atoms. The summed E-state index contributed by atoms with van der Waals surface area (Å²) in [6.45, 7) is 5.79. The maximum Gasteiger partial charge on any atom is 0.140 e. The molecule has 1 aliphatic rings. The molecule has 2 aromatic rings. The van der Waals surface area contributed by atoms with Crippen LogP contribution in [-0.4, -0.2) is 44.1 Å². The third-order valence-electron chi connectivity index (χ3n) is 5.31. The number of aromatic nitrogens is 1. The standard InChI is InChI=1S/C23H31N3O2/c1-5-7-21(27)17(2)18-10-12-19(13-11-18)28-20-14-15-26(16-20)23-9-6-8-22(24-23)25(3)4/h6,8-13,17,20H,5,7,14-16H2,1-4H3/t17?,20-/m1/s1. The second-order valence-corrected chi connectivity index (χ2v) is 7.73. The molecule has 0 bridgehead atoms. The van der Waals surface area contributed by atoms with Crippen molar-refractivity contribution < 1.29 is 9.53 Å². The van der Waals surface area contributed by atoms with Gasteiger partial charge in [0.1, 0.15) is 29.3 Å². The lowest BCUT2D eigenvalue weighted by Crippen LogP contribution is -2.25. The first-order valence-electron chi connectivity index (χ1n) is 10.2. The summed E-state index contributed by atoms with van der Waals surface area (Å²) in [5, 5.41) is 0. The summed E-state index contributed by atoms with van der Waals surface area (Å²) in [5.74, 6) is 3.07. The van der Waals surface area contributed by atoms with Crippen LogP contribution in [0.25, 0.3) is 0 Å². The second kappa shape index (κ2) is 9.09. The van der Waals surface area contributed by atoms with E-state index in [0.29, 0.717) is 12.2 Å². The van der Waals surface area contributed by atoms with Gasteiger partial charge in [-0.05, 0) is 36.2 Å². The quantitative estimate of drug-likeness (QED) is 0.683. The molecule has 1 aromatic carbocycles. The summed E-state index contributed by atoms with van der Waals surface area (Å²) in [5.41, 5.74) is 1.06. The number of pyridine rings is 1. The number of rotatable bonds is 8. The molecule has 1 aromatic heterocycles. The molecule has 2 heterocycles. The monoisotopic (exact) mass is 381 g/mol. The Bertz CT molecular complexity index is 789. The molecule has 3 rings (SSSR count). The Morgan fingerprint density at radius 1 is 1.25 bits per heavy atom. The van der Waals surface area contributed by atoms with Crippen LogP contribution in [0.3, 0.4) is 0 Å². The maximum atomic E-state index is 12.1. The van der Waals surface area contributed by atoms with Crippen LogP contribution in [0.5, 0.6) is 5.75 Å². The molecule has 0 radical (unpaired) electrons. The van der Waals surface area contributed by atoms with Crippen molar-refractivity contribution in [2.24, 2.45) is 0 Å². The third-order valence-corrected chi connectivity index (χ3v) is 5.31. The van der Waals surface area contributed by atoms with Gasteiger partial charge < -0.3 is 14.5 Å². The van der Waals surface area contributed by atoms with Gasteiger partial charge in [0.2, 0.25) is 0 Å². The summed E-state index contributed by atoms with van der Waals surface area (Å²) in [7, 11) is 4.00. The number of anilines is 2. The number of hydrogen-bond acceptors (Lipinski definition) is 5. The van der Waals surface area contributed by atoms with Crippen molar-refractivity contribution in [2.45, 2.75) is 45.1 Å². The molecule has 0 N–H and O–H groups in total. The first kappa shape index (κ1) is 20.2. The van der Waals surface area contributed by atoms with Gasteiger partial charge in [0.25, 0.3) is 0 Å². The number of ether oxygens (including phenoxy) is 1. The van der Waals surface area contributed by atoms with Gasteiger partial charge in [-0.15, -0.1) is 0 Å². The fourth-order valence-electron chi connectivity index (χ4n) is 3.55. The molecule has 0 saturated carbocycles. The van der Waals surface area contributed by atoms with E-state index < -0.39 is 0 Å². The van der Waals surface area contributed by atoms with Gasteiger partial charge in [0.15, 0.2) is 0 Å². The van der Waals surface area contributed by atoms with Crippen LogP contribution in [0.2, 0.25) is 0 Å². The smallest absolute Gasteiger partial charge is 0.140 e. The van der Waals surface area contributed by atoms with E-state index >= 15 is 0 Å². The molecular weight excluding hydrogens is 350 g/mol. The van der Waals surface area contributed by atoms with Gasteiger partial charge in [-0.1, -0.05) is 32.0 Å². The number of ketones is 1. The number of carbonyl (C=O) groups excluding carboxylic acids is 1. The number of nitrogens with zero attached hydrogens (tertiary/aromatic N) is 3. The lowest BCUT2D eigenvalue weighted by molar-refractivity contribution is -0.120. The molecule has 5 heteroatoms. The van der Waals surface area contributed by atoms with Gasteiger partial charge in [-0.2, -0.15) is 0 Å². The fraction of sp³-hybridized carbons (Fsp3) is 0.478. The zero-order valence-corrected chi connectivity index (χ0v) is 17.4. The molecule has 1 saturated heterocycles. The summed E-state index contributed by atoms with van der Waals surface area (Å²) in [6.07, 6.45) is 2.66. The van der Waals surface area contributed by atoms with Gasteiger partial charge in [-0.25, -0.2) is 4.98 Å². The first-order valence-corrected chi connectivity index (χ1v) is 10.2. The van der Waals surface area contributed by atoms with Crippen LogP contribution in [0, 0.1) is 0 Å². The van der Waals surface area contributed by atoms with Crippen molar-refractivity contribution in [1.82, 2.24) is 4.98 Å². The maximum absolute atomic E-state index is 12.1.